The van der Waals surface area contributed by atoms with Crippen LogP contribution in [0.4, 0.5) is 4.39 Å². The molecule has 1 heterocycles. The molecule has 0 atom stereocenters. The number of halogens is 1. The average Bonchev–Trinajstić information content (AvgIpc) is 1.88. The number of pyridine rings is 1. The maximum atomic E-state index is 12.3. The number of nitrogens with two attached hydrogens (primary N) is 1. The van der Waals surface area contributed by atoms with Gasteiger partial charge in [0.2, 0.25) is 5.95 Å². The van der Waals surface area contributed by atoms with Gasteiger partial charge in [0.25, 0.3) is 0 Å². The van der Waals surface area contributed by atoms with Crippen LogP contribution in [0.1, 0.15) is 5.69 Å². The van der Waals surface area contributed by atoms with Crippen LogP contribution in [0.5, 0.6) is 0 Å². The van der Waals surface area contributed by atoms with E-state index in [1.807, 2.05) is 0 Å². The zero-order chi connectivity index (χ0) is 7.40. The van der Waals surface area contributed by atoms with Crippen molar-refractivity contribution >= 4 is 0 Å². The third-order valence-corrected chi connectivity index (χ3v) is 1.17. The molecule has 0 aromatic carbocycles. The molecule has 1 rings (SSSR count). The first-order valence-electron chi connectivity index (χ1n) is 3.14. The molecule has 0 aliphatic heterocycles. The molecule has 0 aliphatic rings. The molecular formula is C7H9FN2. The summed E-state index contributed by atoms with van der Waals surface area (Å²) in [6, 6.07) is 4.71. The maximum absolute atomic E-state index is 12.3. The van der Waals surface area contributed by atoms with Crippen LogP contribution >= 0.6 is 0 Å². The van der Waals surface area contributed by atoms with Crippen LogP contribution < -0.4 is 5.73 Å². The third kappa shape index (κ3) is 1.77. The Labute approximate surface area is 58.9 Å². The number of hydrogen-bond donors (Lipinski definition) is 1. The minimum atomic E-state index is -0.439. The lowest BCUT2D eigenvalue weighted by molar-refractivity contribution is 0.576. The van der Waals surface area contributed by atoms with Gasteiger partial charge in [-0.05, 0) is 18.7 Å². The first-order valence-corrected chi connectivity index (χ1v) is 3.14. The van der Waals surface area contributed by atoms with E-state index in [1.165, 1.54) is 6.07 Å². The predicted molar refractivity (Wildman–Crippen MR) is 37.0 cm³/mol. The largest absolute Gasteiger partial charge is 0.330 e. The van der Waals surface area contributed by atoms with E-state index in [4.69, 9.17) is 5.73 Å². The Hall–Kier alpha value is -0.960. The average molecular weight is 140 g/mol. The van der Waals surface area contributed by atoms with Gasteiger partial charge in [0.05, 0.1) is 0 Å². The Balaban J connectivity index is 2.75. The van der Waals surface area contributed by atoms with Crippen molar-refractivity contribution in [3.63, 3.8) is 0 Å². The second-order valence-corrected chi connectivity index (χ2v) is 1.99. The Morgan fingerprint density at radius 2 is 2.30 bits per heavy atom. The number of hydrogen-bond acceptors (Lipinski definition) is 2. The summed E-state index contributed by atoms with van der Waals surface area (Å²) in [4.78, 5) is 3.62. The van der Waals surface area contributed by atoms with Gasteiger partial charge >= 0.3 is 0 Å². The summed E-state index contributed by atoms with van der Waals surface area (Å²) in [7, 11) is 0. The molecule has 2 N–H and O–H groups in total. The summed E-state index contributed by atoms with van der Waals surface area (Å²) < 4.78 is 12.3. The minimum Gasteiger partial charge on any atom is -0.330 e. The highest BCUT2D eigenvalue weighted by molar-refractivity contribution is 5.04. The van der Waals surface area contributed by atoms with E-state index in [0.29, 0.717) is 18.7 Å². The fraction of sp³-hybridized carbons (Fsp3) is 0.286. The number of rotatable bonds is 2. The molecule has 54 valence electrons. The number of nitrogens with zero attached hydrogens (tertiary/aromatic N) is 1. The highest BCUT2D eigenvalue weighted by Crippen LogP contribution is 1.96. The summed E-state index contributed by atoms with van der Waals surface area (Å²) in [5.74, 6) is -0.439. The Morgan fingerprint density at radius 3 is 2.90 bits per heavy atom. The molecule has 0 amide bonds. The van der Waals surface area contributed by atoms with Crippen molar-refractivity contribution in [1.29, 1.82) is 0 Å². The number of aromatic nitrogens is 1. The summed E-state index contributed by atoms with van der Waals surface area (Å²) in [5.41, 5.74) is 5.96. The second kappa shape index (κ2) is 3.27. The van der Waals surface area contributed by atoms with Gasteiger partial charge in [-0.2, -0.15) is 4.39 Å². The van der Waals surface area contributed by atoms with Gasteiger partial charge in [0.1, 0.15) is 0 Å². The SMILES string of the molecule is NCCc1cccc(F)n1. The zero-order valence-electron chi connectivity index (χ0n) is 5.55. The molecule has 1 aromatic heterocycles. The van der Waals surface area contributed by atoms with Crippen molar-refractivity contribution in [1.82, 2.24) is 4.98 Å². The van der Waals surface area contributed by atoms with Gasteiger partial charge in [-0.25, -0.2) is 4.98 Å². The first kappa shape index (κ1) is 7.15. The molecule has 0 saturated carbocycles. The van der Waals surface area contributed by atoms with E-state index in [1.54, 1.807) is 12.1 Å². The molecule has 0 fully saturated rings. The van der Waals surface area contributed by atoms with E-state index >= 15 is 0 Å². The first-order chi connectivity index (χ1) is 4.83. The summed E-state index contributed by atoms with van der Waals surface area (Å²) in [5, 5.41) is 0. The normalized spacial score (nSPS) is 9.80. The standard InChI is InChI=1S/C7H9FN2/c8-7-3-1-2-6(10-7)4-5-9/h1-3H,4-5,9H2. The molecule has 0 saturated heterocycles. The van der Waals surface area contributed by atoms with Crippen molar-refractivity contribution in [3.05, 3.63) is 29.8 Å². The summed E-state index contributed by atoms with van der Waals surface area (Å²) in [6.45, 7) is 0.510. The van der Waals surface area contributed by atoms with Gasteiger partial charge in [-0.15, -0.1) is 0 Å². The molecule has 0 aliphatic carbocycles. The molecule has 0 bridgehead atoms. The lowest BCUT2D eigenvalue weighted by atomic mass is 10.3. The Bertz CT molecular complexity index is 213. The van der Waals surface area contributed by atoms with Crippen LogP contribution in [0.15, 0.2) is 18.2 Å². The maximum Gasteiger partial charge on any atom is 0.213 e. The lowest BCUT2D eigenvalue weighted by Gasteiger charge is -1.94. The van der Waals surface area contributed by atoms with Crippen molar-refractivity contribution in [2.45, 2.75) is 6.42 Å². The Kier molecular flexibility index (Phi) is 2.34. The fourth-order valence-electron chi connectivity index (χ4n) is 0.737. The topological polar surface area (TPSA) is 38.9 Å². The molecule has 0 unspecified atom stereocenters. The highest BCUT2D eigenvalue weighted by atomic mass is 19.1. The zero-order valence-corrected chi connectivity index (χ0v) is 5.55. The van der Waals surface area contributed by atoms with Crippen molar-refractivity contribution in [2.75, 3.05) is 6.54 Å². The van der Waals surface area contributed by atoms with E-state index < -0.39 is 5.95 Å². The van der Waals surface area contributed by atoms with Crippen LogP contribution in [0.3, 0.4) is 0 Å². The minimum absolute atomic E-state index is 0.439. The monoisotopic (exact) mass is 140 g/mol. The smallest absolute Gasteiger partial charge is 0.213 e. The van der Waals surface area contributed by atoms with Gasteiger partial charge in [-0.1, -0.05) is 6.07 Å². The van der Waals surface area contributed by atoms with Crippen molar-refractivity contribution < 1.29 is 4.39 Å². The summed E-state index contributed by atoms with van der Waals surface area (Å²) >= 11 is 0. The van der Waals surface area contributed by atoms with Gasteiger partial charge in [0, 0.05) is 12.1 Å². The molecule has 2 nitrogen and oxygen atoms in total. The van der Waals surface area contributed by atoms with Gasteiger partial charge in [0.15, 0.2) is 0 Å². The molecule has 0 radical (unpaired) electrons. The highest BCUT2D eigenvalue weighted by Gasteiger charge is 1.93. The molecule has 0 spiro atoms. The van der Waals surface area contributed by atoms with Crippen LogP contribution in [-0.2, 0) is 6.42 Å². The van der Waals surface area contributed by atoms with Gasteiger partial charge in [-0.3, -0.25) is 0 Å². The quantitative estimate of drug-likeness (QED) is 0.615. The molecule has 1 aromatic rings. The van der Waals surface area contributed by atoms with Crippen molar-refractivity contribution in [2.24, 2.45) is 5.73 Å². The Morgan fingerprint density at radius 1 is 1.50 bits per heavy atom. The van der Waals surface area contributed by atoms with E-state index in [9.17, 15) is 4.39 Å². The van der Waals surface area contributed by atoms with E-state index in [-0.39, 0.29) is 0 Å². The van der Waals surface area contributed by atoms with E-state index in [2.05, 4.69) is 4.98 Å². The van der Waals surface area contributed by atoms with Crippen LogP contribution in [0.2, 0.25) is 0 Å². The van der Waals surface area contributed by atoms with Crippen LogP contribution in [-0.4, -0.2) is 11.5 Å². The second-order valence-electron chi connectivity index (χ2n) is 1.99. The lowest BCUT2D eigenvalue weighted by Crippen LogP contribution is -2.04. The predicted octanol–water partition coefficient (Wildman–Crippen LogP) is 0.722. The van der Waals surface area contributed by atoms with Gasteiger partial charge < -0.3 is 5.73 Å². The van der Waals surface area contributed by atoms with E-state index in [0.717, 1.165) is 0 Å². The summed E-state index contributed by atoms with van der Waals surface area (Å²) in [6.07, 6.45) is 0.637. The third-order valence-electron chi connectivity index (χ3n) is 1.17. The molecule has 3 heteroatoms. The van der Waals surface area contributed by atoms with Crippen molar-refractivity contribution in [3.8, 4) is 0 Å². The van der Waals surface area contributed by atoms with Crippen LogP contribution in [0, 0.1) is 5.95 Å². The molecule has 10 heavy (non-hydrogen) atoms. The molecular weight excluding hydrogens is 131 g/mol. The fourth-order valence-corrected chi connectivity index (χ4v) is 0.737. The van der Waals surface area contributed by atoms with Crippen LogP contribution in [0.25, 0.3) is 0 Å².